The van der Waals surface area contributed by atoms with E-state index < -0.39 is 0 Å². The van der Waals surface area contributed by atoms with Crippen molar-refractivity contribution in [2.24, 2.45) is 0 Å². The minimum Gasteiger partial charge on any atom is -0.384 e. The van der Waals surface area contributed by atoms with Crippen LogP contribution in [0.1, 0.15) is 11.4 Å². The van der Waals surface area contributed by atoms with Crippen molar-refractivity contribution >= 4 is 5.82 Å². The zero-order chi connectivity index (χ0) is 13.1. The molecule has 0 unspecified atom stereocenters. The summed E-state index contributed by atoms with van der Waals surface area (Å²) in [5.74, 6) is 1.40. The van der Waals surface area contributed by atoms with Crippen LogP contribution < -0.4 is 5.73 Å². The Morgan fingerprint density at radius 1 is 1.05 bits per heavy atom. The van der Waals surface area contributed by atoms with Crippen molar-refractivity contribution in [2.75, 3.05) is 5.73 Å². The van der Waals surface area contributed by atoms with E-state index in [-0.39, 0.29) is 0 Å². The molecule has 0 bridgehead atoms. The Morgan fingerprint density at radius 2 is 1.89 bits per heavy atom. The largest absolute Gasteiger partial charge is 0.384 e. The van der Waals surface area contributed by atoms with Crippen LogP contribution in [-0.2, 0) is 6.42 Å². The molecule has 2 N–H and O–H groups in total. The zero-order valence-electron chi connectivity index (χ0n) is 10.0. The lowest BCUT2D eigenvalue weighted by atomic mass is 10.2. The molecule has 19 heavy (non-hydrogen) atoms. The summed E-state index contributed by atoms with van der Waals surface area (Å²) in [7, 11) is 0. The van der Waals surface area contributed by atoms with Gasteiger partial charge < -0.3 is 10.3 Å². The average molecular weight is 253 g/mol. The fourth-order valence-electron chi connectivity index (χ4n) is 1.68. The molecule has 0 saturated heterocycles. The number of nitrogen functional groups attached to an aromatic ring is 1. The lowest BCUT2D eigenvalue weighted by Gasteiger charge is -1.95. The second-order valence-corrected chi connectivity index (χ2v) is 4.00. The van der Waals surface area contributed by atoms with Gasteiger partial charge in [-0.3, -0.25) is 4.98 Å². The van der Waals surface area contributed by atoms with Gasteiger partial charge in [-0.25, -0.2) is 4.98 Å². The fourth-order valence-corrected chi connectivity index (χ4v) is 1.68. The first-order valence-electron chi connectivity index (χ1n) is 5.75. The summed E-state index contributed by atoms with van der Waals surface area (Å²) in [6, 6.07) is 9.10. The van der Waals surface area contributed by atoms with Gasteiger partial charge in [0.15, 0.2) is 5.82 Å². The van der Waals surface area contributed by atoms with Crippen LogP contribution in [0.3, 0.4) is 0 Å². The standard InChI is InChI=1S/C13H11N5O/c14-11-3-1-2-10(16-11)13-17-12(18-19-13)8-9-4-6-15-7-5-9/h1-7H,8H2,(H2,14,16). The molecule has 0 aromatic carbocycles. The molecule has 3 aromatic heterocycles. The Hall–Kier alpha value is -2.76. The molecule has 0 saturated carbocycles. The summed E-state index contributed by atoms with van der Waals surface area (Å²) in [4.78, 5) is 12.4. The summed E-state index contributed by atoms with van der Waals surface area (Å²) >= 11 is 0. The van der Waals surface area contributed by atoms with E-state index in [1.807, 2.05) is 12.1 Å². The number of anilines is 1. The number of pyridine rings is 2. The second kappa shape index (κ2) is 4.85. The molecule has 0 aliphatic rings. The molecule has 0 atom stereocenters. The van der Waals surface area contributed by atoms with Gasteiger partial charge in [0.2, 0.25) is 0 Å². The third kappa shape index (κ3) is 2.57. The molecule has 0 radical (unpaired) electrons. The smallest absolute Gasteiger partial charge is 0.276 e. The van der Waals surface area contributed by atoms with E-state index in [1.54, 1.807) is 30.6 Å². The first-order valence-corrected chi connectivity index (χ1v) is 5.75. The van der Waals surface area contributed by atoms with Gasteiger partial charge >= 0.3 is 0 Å². The van der Waals surface area contributed by atoms with Crippen LogP contribution in [-0.4, -0.2) is 20.1 Å². The fraction of sp³-hybridized carbons (Fsp3) is 0.0769. The van der Waals surface area contributed by atoms with Crippen LogP contribution in [0.25, 0.3) is 11.6 Å². The SMILES string of the molecule is Nc1cccc(-c2nc(Cc3ccncc3)no2)n1. The van der Waals surface area contributed by atoms with Crippen molar-refractivity contribution < 1.29 is 4.52 Å². The minimum atomic E-state index is 0.372. The van der Waals surface area contributed by atoms with Gasteiger partial charge in [0.25, 0.3) is 5.89 Å². The van der Waals surface area contributed by atoms with Crippen LogP contribution in [0, 0.1) is 0 Å². The minimum absolute atomic E-state index is 0.372. The Kier molecular flexibility index (Phi) is 2.89. The molecule has 3 aromatic rings. The highest BCUT2D eigenvalue weighted by molar-refractivity contribution is 5.50. The number of hydrogen-bond donors (Lipinski definition) is 1. The van der Waals surface area contributed by atoms with Crippen molar-refractivity contribution in [1.29, 1.82) is 0 Å². The molecule has 6 nitrogen and oxygen atoms in total. The van der Waals surface area contributed by atoms with Gasteiger partial charge in [0.1, 0.15) is 11.5 Å². The maximum atomic E-state index is 5.62. The maximum absolute atomic E-state index is 5.62. The highest BCUT2D eigenvalue weighted by Gasteiger charge is 2.10. The summed E-state index contributed by atoms with van der Waals surface area (Å²) < 4.78 is 5.18. The second-order valence-electron chi connectivity index (χ2n) is 4.00. The van der Waals surface area contributed by atoms with Crippen LogP contribution in [0.4, 0.5) is 5.82 Å². The normalized spacial score (nSPS) is 10.5. The third-order valence-corrected chi connectivity index (χ3v) is 2.57. The quantitative estimate of drug-likeness (QED) is 0.763. The van der Waals surface area contributed by atoms with E-state index in [0.29, 0.717) is 29.6 Å². The van der Waals surface area contributed by atoms with E-state index >= 15 is 0 Å². The van der Waals surface area contributed by atoms with E-state index in [1.165, 1.54) is 0 Å². The Bertz CT molecular complexity index is 680. The lowest BCUT2D eigenvalue weighted by molar-refractivity contribution is 0.422. The van der Waals surface area contributed by atoms with Gasteiger partial charge in [0, 0.05) is 18.8 Å². The van der Waals surface area contributed by atoms with Gasteiger partial charge in [0.05, 0.1) is 0 Å². The third-order valence-electron chi connectivity index (χ3n) is 2.57. The van der Waals surface area contributed by atoms with Crippen LogP contribution in [0.2, 0.25) is 0 Å². The zero-order valence-corrected chi connectivity index (χ0v) is 10.0. The summed E-state index contributed by atoms with van der Waals surface area (Å²) in [6.07, 6.45) is 4.06. The molecule has 0 aliphatic carbocycles. The first kappa shape index (κ1) is 11.3. The monoisotopic (exact) mass is 253 g/mol. The Labute approximate surface area is 109 Å². The number of hydrogen-bond acceptors (Lipinski definition) is 6. The van der Waals surface area contributed by atoms with Crippen molar-refractivity contribution in [3.63, 3.8) is 0 Å². The van der Waals surface area contributed by atoms with E-state index in [0.717, 1.165) is 5.56 Å². The molecule has 0 aliphatic heterocycles. The topological polar surface area (TPSA) is 90.7 Å². The van der Waals surface area contributed by atoms with Gasteiger partial charge in [-0.05, 0) is 29.8 Å². The van der Waals surface area contributed by atoms with Crippen molar-refractivity contribution in [1.82, 2.24) is 20.1 Å². The van der Waals surface area contributed by atoms with Gasteiger partial charge in [-0.2, -0.15) is 4.98 Å². The molecule has 3 rings (SSSR count). The van der Waals surface area contributed by atoms with Crippen molar-refractivity contribution in [3.8, 4) is 11.6 Å². The predicted molar refractivity (Wildman–Crippen MR) is 69.0 cm³/mol. The Morgan fingerprint density at radius 3 is 2.68 bits per heavy atom. The Balaban J connectivity index is 1.84. The predicted octanol–water partition coefficient (Wildman–Crippen LogP) is 1.70. The highest BCUT2D eigenvalue weighted by Crippen LogP contribution is 2.16. The van der Waals surface area contributed by atoms with Gasteiger partial charge in [-0.1, -0.05) is 11.2 Å². The number of nitrogens with zero attached hydrogens (tertiary/aromatic N) is 4. The molecular formula is C13H11N5O. The average Bonchev–Trinajstić information content (AvgIpc) is 2.88. The number of rotatable bonds is 3. The highest BCUT2D eigenvalue weighted by atomic mass is 16.5. The number of nitrogens with two attached hydrogens (primary N) is 1. The van der Waals surface area contributed by atoms with Crippen molar-refractivity contribution in [2.45, 2.75) is 6.42 Å². The maximum Gasteiger partial charge on any atom is 0.276 e. The lowest BCUT2D eigenvalue weighted by Crippen LogP contribution is -1.93. The summed E-state index contributed by atoms with van der Waals surface area (Å²) in [5, 5.41) is 3.93. The molecule has 0 spiro atoms. The van der Waals surface area contributed by atoms with Crippen LogP contribution in [0.5, 0.6) is 0 Å². The molecule has 0 amide bonds. The molecule has 3 heterocycles. The molecule has 94 valence electrons. The first-order chi connectivity index (χ1) is 9.31. The summed E-state index contributed by atoms with van der Waals surface area (Å²) in [5.41, 5.74) is 7.27. The van der Waals surface area contributed by atoms with E-state index in [9.17, 15) is 0 Å². The molecule has 0 fully saturated rings. The number of aromatic nitrogens is 4. The van der Waals surface area contributed by atoms with Crippen molar-refractivity contribution in [3.05, 3.63) is 54.1 Å². The van der Waals surface area contributed by atoms with E-state index in [4.69, 9.17) is 10.3 Å². The summed E-state index contributed by atoms with van der Waals surface area (Å²) in [6.45, 7) is 0. The van der Waals surface area contributed by atoms with Gasteiger partial charge in [-0.15, -0.1) is 0 Å². The van der Waals surface area contributed by atoms with E-state index in [2.05, 4.69) is 20.1 Å². The molecule has 6 heteroatoms. The molecular weight excluding hydrogens is 242 g/mol. The van der Waals surface area contributed by atoms with Crippen LogP contribution in [0.15, 0.2) is 47.2 Å². The van der Waals surface area contributed by atoms with Crippen LogP contribution >= 0.6 is 0 Å².